The Labute approximate surface area is 102 Å². The monoisotopic (exact) mass is 291 g/mol. The molecule has 0 spiro atoms. The van der Waals surface area contributed by atoms with E-state index < -0.39 is 5.60 Å². The van der Waals surface area contributed by atoms with E-state index in [2.05, 4.69) is 21.2 Å². The first-order valence-corrected chi connectivity index (χ1v) is 5.72. The number of aliphatic hydroxyl groups excluding tert-OH is 1. The zero-order chi connectivity index (χ0) is 12.2. The molecule has 0 aliphatic rings. The van der Waals surface area contributed by atoms with Crippen molar-refractivity contribution in [2.45, 2.75) is 19.1 Å². The highest BCUT2D eigenvalue weighted by molar-refractivity contribution is 9.10. The molecule has 90 valence electrons. The Morgan fingerprint density at radius 3 is 2.75 bits per heavy atom. The van der Waals surface area contributed by atoms with Gasteiger partial charge in [0.2, 0.25) is 0 Å². The molecular formula is C11H15BrFNO2. The average Bonchev–Trinajstić information content (AvgIpc) is 2.21. The molecule has 3 nitrogen and oxygen atoms in total. The minimum atomic E-state index is -1.13. The molecule has 5 heteroatoms. The summed E-state index contributed by atoms with van der Waals surface area (Å²) in [6.45, 7) is 2.01. The third-order valence-electron chi connectivity index (χ3n) is 2.18. The molecule has 1 rings (SSSR count). The maximum Gasteiger partial charge on any atom is 0.124 e. The average molecular weight is 292 g/mol. The van der Waals surface area contributed by atoms with Crippen molar-refractivity contribution >= 4 is 15.9 Å². The van der Waals surface area contributed by atoms with Crippen LogP contribution >= 0.6 is 15.9 Å². The molecule has 0 aromatic heterocycles. The van der Waals surface area contributed by atoms with Gasteiger partial charge >= 0.3 is 0 Å². The van der Waals surface area contributed by atoms with Gasteiger partial charge in [-0.3, -0.25) is 0 Å². The molecule has 0 bridgehead atoms. The van der Waals surface area contributed by atoms with E-state index in [-0.39, 0.29) is 19.0 Å². The van der Waals surface area contributed by atoms with Crippen LogP contribution in [0.4, 0.5) is 4.39 Å². The van der Waals surface area contributed by atoms with Gasteiger partial charge in [-0.15, -0.1) is 0 Å². The van der Waals surface area contributed by atoms with Crippen LogP contribution in [0.15, 0.2) is 22.7 Å². The zero-order valence-electron chi connectivity index (χ0n) is 9.00. The highest BCUT2D eigenvalue weighted by Gasteiger charge is 2.17. The fraction of sp³-hybridized carbons (Fsp3) is 0.455. The van der Waals surface area contributed by atoms with Crippen LogP contribution in [-0.4, -0.2) is 29.0 Å². The smallest absolute Gasteiger partial charge is 0.124 e. The molecule has 0 aliphatic heterocycles. The van der Waals surface area contributed by atoms with E-state index in [0.29, 0.717) is 11.0 Å². The standard InChI is InChI=1S/C11H15BrFNO2/c1-11(16,7-15)6-14-5-8-2-3-9(13)4-10(8)12/h2-4,14-16H,5-7H2,1H3. The molecule has 0 heterocycles. The normalized spacial score (nSPS) is 14.8. The van der Waals surface area contributed by atoms with E-state index in [9.17, 15) is 9.50 Å². The van der Waals surface area contributed by atoms with Gasteiger partial charge in [-0.05, 0) is 24.6 Å². The molecule has 1 unspecified atom stereocenters. The molecular weight excluding hydrogens is 277 g/mol. The minimum Gasteiger partial charge on any atom is -0.393 e. The Morgan fingerprint density at radius 1 is 1.50 bits per heavy atom. The Kier molecular flexibility index (Phi) is 4.86. The van der Waals surface area contributed by atoms with Gasteiger partial charge in [-0.2, -0.15) is 0 Å². The maximum atomic E-state index is 12.8. The third kappa shape index (κ3) is 4.17. The van der Waals surface area contributed by atoms with Gasteiger partial charge in [0, 0.05) is 17.6 Å². The van der Waals surface area contributed by atoms with Crippen molar-refractivity contribution in [1.82, 2.24) is 5.32 Å². The SMILES string of the molecule is CC(O)(CO)CNCc1ccc(F)cc1Br. The topological polar surface area (TPSA) is 52.5 Å². The molecule has 0 fully saturated rings. The molecule has 16 heavy (non-hydrogen) atoms. The van der Waals surface area contributed by atoms with Crippen molar-refractivity contribution in [3.05, 3.63) is 34.1 Å². The Hall–Kier alpha value is -0.490. The Morgan fingerprint density at radius 2 is 2.19 bits per heavy atom. The fourth-order valence-corrected chi connectivity index (χ4v) is 1.68. The molecule has 0 saturated heterocycles. The summed E-state index contributed by atoms with van der Waals surface area (Å²) in [4.78, 5) is 0. The summed E-state index contributed by atoms with van der Waals surface area (Å²) in [6.07, 6.45) is 0. The molecule has 1 aromatic rings. The molecule has 1 atom stereocenters. The van der Waals surface area contributed by atoms with Gasteiger partial charge in [-0.25, -0.2) is 4.39 Å². The zero-order valence-corrected chi connectivity index (χ0v) is 10.6. The summed E-state index contributed by atoms with van der Waals surface area (Å²) in [6, 6.07) is 4.44. The van der Waals surface area contributed by atoms with Crippen LogP contribution in [0.25, 0.3) is 0 Å². The van der Waals surface area contributed by atoms with Crippen LogP contribution in [0.2, 0.25) is 0 Å². The lowest BCUT2D eigenvalue weighted by molar-refractivity contribution is 0.00253. The van der Waals surface area contributed by atoms with Crippen molar-refractivity contribution in [3.63, 3.8) is 0 Å². The highest BCUT2D eigenvalue weighted by atomic mass is 79.9. The predicted molar refractivity (Wildman–Crippen MR) is 63.5 cm³/mol. The van der Waals surface area contributed by atoms with Crippen molar-refractivity contribution in [3.8, 4) is 0 Å². The van der Waals surface area contributed by atoms with Gasteiger partial charge in [0.05, 0.1) is 12.2 Å². The second-order valence-electron chi connectivity index (χ2n) is 3.99. The van der Waals surface area contributed by atoms with Gasteiger partial charge < -0.3 is 15.5 Å². The first-order valence-electron chi connectivity index (χ1n) is 4.92. The summed E-state index contributed by atoms with van der Waals surface area (Å²) in [5.74, 6) is -0.294. The van der Waals surface area contributed by atoms with Crippen molar-refractivity contribution in [1.29, 1.82) is 0 Å². The minimum absolute atomic E-state index is 0.271. The third-order valence-corrected chi connectivity index (χ3v) is 2.92. The number of benzene rings is 1. The molecule has 3 N–H and O–H groups in total. The van der Waals surface area contributed by atoms with E-state index in [0.717, 1.165) is 5.56 Å². The molecule has 0 radical (unpaired) electrons. The predicted octanol–water partition coefficient (Wildman–Crippen LogP) is 1.42. The van der Waals surface area contributed by atoms with Crippen LogP contribution in [0.1, 0.15) is 12.5 Å². The fourth-order valence-electron chi connectivity index (χ4n) is 1.19. The van der Waals surface area contributed by atoms with E-state index in [1.165, 1.54) is 12.1 Å². The van der Waals surface area contributed by atoms with Crippen LogP contribution in [0.3, 0.4) is 0 Å². The number of aliphatic hydroxyl groups is 2. The number of halogens is 2. The Balaban J connectivity index is 2.49. The lowest BCUT2D eigenvalue weighted by Gasteiger charge is -2.20. The van der Waals surface area contributed by atoms with Crippen LogP contribution in [0.5, 0.6) is 0 Å². The highest BCUT2D eigenvalue weighted by Crippen LogP contribution is 2.17. The van der Waals surface area contributed by atoms with Gasteiger partial charge in [0.1, 0.15) is 5.82 Å². The van der Waals surface area contributed by atoms with Crippen molar-refractivity contribution in [2.24, 2.45) is 0 Å². The van der Waals surface area contributed by atoms with Crippen LogP contribution in [-0.2, 0) is 6.54 Å². The van der Waals surface area contributed by atoms with Gasteiger partial charge in [0.15, 0.2) is 0 Å². The first-order chi connectivity index (χ1) is 7.44. The summed E-state index contributed by atoms with van der Waals surface area (Å²) < 4.78 is 13.5. The Bertz CT molecular complexity index is 358. The number of hydrogen-bond acceptors (Lipinski definition) is 3. The maximum absolute atomic E-state index is 12.8. The molecule has 0 aliphatic carbocycles. The second kappa shape index (κ2) is 5.72. The summed E-state index contributed by atoms with van der Waals surface area (Å²) in [5.41, 5.74) is -0.234. The van der Waals surface area contributed by atoms with E-state index in [1.54, 1.807) is 13.0 Å². The number of rotatable bonds is 5. The van der Waals surface area contributed by atoms with E-state index in [1.807, 2.05) is 0 Å². The van der Waals surface area contributed by atoms with Crippen LogP contribution < -0.4 is 5.32 Å². The summed E-state index contributed by atoms with van der Waals surface area (Å²) in [7, 11) is 0. The van der Waals surface area contributed by atoms with Crippen molar-refractivity contribution < 1.29 is 14.6 Å². The molecule has 0 saturated carbocycles. The summed E-state index contributed by atoms with van der Waals surface area (Å²) in [5, 5.41) is 21.4. The number of nitrogens with one attached hydrogen (secondary N) is 1. The van der Waals surface area contributed by atoms with Crippen molar-refractivity contribution in [2.75, 3.05) is 13.2 Å². The van der Waals surface area contributed by atoms with E-state index >= 15 is 0 Å². The molecule has 0 amide bonds. The van der Waals surface area contributed by atoms with Gasteiger partial charge in [0.25, 0.3) is 0 Å². The summed E-state index contributed by atoms with van der Waals surface area (Å²) >= 11 is 3.25. The second-order valence-corrected chi connectivity index (χ2v) is 4.85. The number of hydrogen-bond donors (Lipinski definition) is 3. The first kappa shape index (κ1) is 13.6. The molecule has 1 aromatic carbocycles. The van der Waals surface area contributed by atoms with E-state index in [4.69, 9.17) is 5.11 Å². The van der Waals surface area contributed by atoms with Crippen LogP contribution in [0, 0.1) is 5.82 Å². The van der Waals surface area contributed by atoms with Gasteiger partial charge in [-0.1, -0.05) is 22.0 Å². The largest absolute Gasteiger partial charge is 0.393 e. The lowest BCUT2D eigenvalue weighted by atomic mass is 10.1. The quantitative estimate of drug-likeness (QED) is 0.769. The lowest BCUT2D eigenvalue weighted by Crippen LogP contribution is -2.40.